The van der Waals surface area contributed by atoms with Crippen LogP contribution in [0.15, 0.2) is 18.3 Å². The summed E-state index contributed by atoms with van der Waals surface area (Å²) in [7, 11) is 0. The molecule has 0 radical (unpaired) electrons. The number of pyridine rings is 1. The average Bonchev–Trinajstić information content (AvgIpc) is 2.95. The Morgan fingerprint density at radius 1 is 1.35 bits per heavy atom. The summed E-state index contributed by atoms with van der Waals surface area (Å²) in [6.07, 6.45) is 1.69. The van der Waals surface area contributed by atoms with Gasteiger partial charge in [0, 0.05) is 18.8 Å². The standard InChI is InChI=1S/C16H19N3O3S/c1-11-3-4-13(9-17-11)22-10-14-18-12(2)15(23-14)16(20)19-5-7-21-8-6-19/h3-4,9H,5-8,10H2,1-2H3. The number of aromatic nitrogens is 2. The number of hydrogen-bond donors (Lipinski definition) is 0. The first kappa shape index (κ1) is 15.9. The van der Waals surface area contributed by atoms with E-state index in [9.17, 15) is 4.79 Å². The average molecular weight is 333 g/mol. The van der Waals surface area contributed by atoms with E-state index in [1.165, 1.54) is 11.3 Å². The number of carbonyl (C=O) groups is 1. The van der Waals surface area contributed by atoms with Crippen molar-refractivity contribution in [1.29, 1.82) is 0 Å². The number of carbonyl (C=O) groups excluding carboxylic acids is 1. The van der Waals surface area contributed by atoms with Crippen molar-refractivity contribution in [2.24, 2.45) is 0 Å². The van der Waals surface area contributed by atoms with E-state index >= 15 is 0 Å². The Hall–Kier alpha value is -1.99. The molecule has 0 unspecified atom stereocenters. The molecule has 1 amide bonds. The topological polar surface area (TPSA) is 64.5 Å². The Labute approximate surface area is 139 Å². The van der Waals surface area contributed by atoms with Gasteiger partial charge in [0.05, 0.1) is 25.1 Å². The molecule has 0 saturated carbocycles. The van der Waals surface area contributed by atoms with Gasteiger partial charge in [-0.3, -0.25) is 9.78 Å². The summed E-state index contributed by atoms with van der Waals surface area (Å²) in [5.74, 6) is 0.732. The quantitative estimate of drug-likeness (QED) is 0.858. The Morgan fingerprint density at radius 3 is 2.83 bits per heavy atom. The second-order valence-corrected chi connectivity index (χ2v) is 6.43. The predicted molar refractivity (Wildman–Crippen MR) is 86.9 cm³/mol. The van der Waals surface area contributed by atoms with Crippen molar-refractivity contribution in [3.8, 4) is 5.75 Å². The number of nitrogens with zero attached hydrogens (tertiary/aromatic N) is 3. The SMILES string of the molecule is Cc1ccc(OCc2nc(C)c(C(=O)N3CCOCC3)s2)cn1. The van der Waals surface area contributed by atoms with Gasteiger partial charge in [0.15, 0.2) is 0 Å². The zero-order chi connectivity index (χ0) is 16.2. The third kappa shape index (κ3) is 3.86. The maximum absolute atomic E-state index is 12.5. The van der Waals surface area contributed by atoms with Gasteiger partial charge in [-0.05, 0) is 26.0 Å². The minimum absolute atomic E-state index is 0.0338. The van der Waals surface area contributed by atoms with Crippen LogP contribution < -0.4 is 4.74 Å². The molecule has 0 atom stereocenters. The lowest BCUT2D eigenvalue weighted by molar-refractivity contribution is 0.0305. The smallest absolute Gasteiger partial charge is 0.266 e. The summed E-state index contributed by atoms with van der Waals surface area (Å²) >= 11 is 1.40. The molecule has 1 fully saturated rings. The first-order valence-corrected chi connectivity index (χ1v) is 8.34. The van der Waals surface area contributed by atoms with E-state index in [0.29, 0.717) is 43.5 Å². The highest BCUT2D eigenvalue weighted by atomic mass is 32.1. The third-order valence-electron chi connectivity index (χ3n) is 3.58. The molecular weight excluding hydrogens is 314 g/mol. The summed E-state index contributed by atoms with van der Waals surface area (Å²) in [4.78, 5) is 23.7. The zero-order valence-electron chi connectivity index (χ0n) is 13.2. The molecule has 6 nitrogen and oxygen atoms in total. The van der Waals surface area contributed by atoms with Crippen molar-refractivity contribution in [3.63, 3.8) is 0 Å². The van der Waals surface area contributed by atoms with Crippen molar-refractivity contribution < 1.29 is 14.3 Å². The van der Waals surface area contributed by atoms with Crippen LogP contribution >= 0.6 is 11.3 Å². The molecule has 0 aliphatic carbocycles. The van der Waals surface area contributed by atoms with E-state index in [4.69, 9.17) is 9.47 Å². The number of aryl methyl sites for hydroxylation is 2. The van der Waals surface area contributed by atoms with Gasteiger partial charge in [-0.15, -0.1) is 11.3 Å². The van der Waals surface area contributed by atoms with Gasteiger partial charge >= 0.3 is 0 Å². The first-order chi connectivity index (χ1) is 11.1. The van der Waals surface area contributed by atoms with Gasteiger partial charge in [-0.25, -0.2) is 4.98 Å². The van der Waals surface area contributed by atoms with Crippen LogP contribution in [0, 0.1) is 13.8 Å². The molecule has 0 aromatic carbocycles. The second-order valence-electron chi connectivity index (χ2n) is 5.35. The van der Waals surface area contributed by atoms with Crippen molar-refractivity contribution >= 4 is 17.2 Å². The zero-order valence-corrected chi connectivity index (χ0v) is 14.1. The second kappa shape index (κ2) is 7.06. The monoisotopic (exact) mass is 333 g/mol. The Morgan fingerprint density at radius 2 is 2.13 bits per heavy atom. The van der Waals surface area contributed by atoms with Gasteiger partial charge in [-0.2, -0.15) is 0 Å². The fourth-order valence-corrected chi connectivity index (χ4v) is 3.25. The molecular formula is C16H19N3O3S. The molecule has 1 saturated heterocycles. The first-order valence-electron chi connectivity index (χ1n) is 7.52. The number of thiazole rings is 1. The largest absolute Gasteiger partial charge is 0.485 e. The molecule has 1 aliphatic rings. The highest BCUT2D eigenvalue weighted by molar-refractivity contribution is 7.13. The summed E-state index contributed by atoms with van der Waals surface area (Å²) in [5, 5.41) is 0.791. The number of rotatable bonds is 4. The number of amides is 1. The van der Waals surface area contributed by atoms with Crippen LogP contribution in [-0.4, -0.2) is 47.1 Å². The predicted octanol–water partition coefficient (Wildman–Crippen LogP) is 2.21. The van der Waals surface area contributed by atoms with Gasteiger partial charge in [0.25, 0.3) is 5.91 Å². The van der Waals surface area contributed by atoms with Gasteiger partial charge in [-0.1, -0.05) is 0 Å². The summed E-state index contributed by atoms with van der Waals surface area (Å²) in [6.45, 7) is 6.60. The lowest BCUT2D eigenvalue weighted by Gasteiger charge is -2.26. The fourth-order valence-electron chi connectivity index (χ4n) is 2.31. The third-order valence-corrected chi connectivity index (χ3v) is 4.70. The minimum Gasteiger partial charge on any atom is -0.485 e. The minimum atomic E-state index is 0.0338. The molecule has 0 spiro atoms. The van der Waals surface area contributed by atoms with Crippen molar-refractivity contribution in [1.82, 2.24) is 14.9 Å². The maximum Gasteiger partial charge on any atom is 0.266 e. The molecule has 0 bridgehead atoms. The van der Waals surface area contributed by atoms with Crippen LogP contribution in [0.1, 0.15) is 26.1 Å². The lowest BCUT2D eigenvalue weighted by Crippen LogP contribution is -2.40. The molecule has 3 heterocycles. The van der Waals surface area contributed by atoms with E-state index in [1.807, 2.05) is 30.9 Å². The van der Waals surface area contributed by atoms with E-state index in [0.717, 1.165) is 16.4 Å². The van der Waals surface area contributed by atoms with Crippen molar-refractivity contribution in [2.75, 3.05) is 26.3 Å². The molecule has 3 rings (SSSR count). The molecule has 23 heavy (non-hydrogen) atoms. The Bertz CT molecular complexity index is 678. The van der Waals surface area contributed by atoms with Crippen LogP contribution in [0.5, 0.6) is 5.75 Å². The molecule has 1 aliphatic heterocycles. The lowest BCUT2D eigenvalue weighted by atomic mass is 10.3. The van der Waals surface area contributed by atoms with Crippen LogP contribution in [0.2, 0.25) is 0 Å². The van der Waals surface area contributed by atoms with Crippen LogP contribution in [0.25, 0.3) is 0 Å². The van der Waals surface area contributed by atoms with E-state index < -0.39 is 0 Å². The molecule has 7 heteroatoms. The van der Waals surface area contributed by atoms with Crippen molar-refractivity contribution in [2.45, 2.75) is 20.5 Å². The van der Waals surface area contributed by atoms with E-state index in [1.54, 1.807) is 6.20 Å². The Kier molecular flexibility index (Phi) is 4.88. The van der Waals surface area contributed by atoms with Crippen LogP contribution in [0.4, 0.5) is 0 Å². The normalized spacial score (nSPS) is 14.8. The maximum atomic E-state index is 12.5. The van der Waals surface area contributed by atoms with Crippen molar-refractivity contribution in [3.05, 3.63) is 39.6 Å². The number of ether oxygens (including phenoxy) is 2. The van der Waals surface area contributed by atoms with Crippen LogP contribution in [0.3, 0.4) is 0 Å². The summed E-state index contributed by atoms with van der Waals surface area (Å²) in [5.41, 5.74) is 1.70. The fraction of sp³-hybridized carbons (Fsp3) is 0.438. The molecule has 2 aromatic rings. The summed E-state index contributed by atoms with van der Waals surface area (Å²) in [6, 6.07) is 3.78. The molecule has 0 N–H and O–H groups in total. The molecule has 122 valence electrons. The van der Waals surface area contributed by atoms with E-state index in [2.05, 4.69) is 9.97 Å². The summed E-state index contributed by atoms with van der Waals surface area (Å²) < 4.78 is 11.0. The highest BCUT2D eigenvalue weighted by Gasteiger charge is 2.23. The van der Waals surface area contributed by atoms with E-state index in [-0.39, 0.29) is 5.91 Å². The van der Waals surface area contributed by atoms with Gasteiger partial charge in [0.1, 0.15) is 22.2 Å². The molecule has 2 aromatic heterocycles. The number of morpholine rings is 1. The highest BCUT2D eigenvalue weighted by Crippen LogP contribution is 2.22. The van der Waals surface area contributed by atoms with Gasteiger partial charge in [0.2, 0.25) is 0 Å². The number of hydrogen-bond acceptors (Lipinski definition) is 6. The van der Waals surface area contributed by atoms with Crippen LogP contribution in [-0.2, 0) is 11.3 Å². The van der Waals surface area contributed by atoms with Gasteiger partial charge < -0.3 is 14.4 Å². The Balaban J connectivity index is 1.65.